The molecule has 8 nitrogen and oxygen atoms in total. The molecule has 2 atom stereocenters. The SMILES string of the molecule is COc1ccc(N2C(=O)CCC(C(=O)OCC(=O)Nc3ccccc3)C2c2ccccc2OC)cc1. The molecule has 3 aromatic carbocycles. The van der Waals surface area contributed by atoms with E-state index in [4.69, 9.17) is 14.2 Å². The van der Waals surface area contributed by atoms with Gasteiger partial charge in [0.15, 0.2) is 6.61 Å². The number of hydrogen-bond acceptors (Lipinski definition) is 6. The third-order valence-electron chi connectivity index (χ3n) is 6.11. The van der Waals surface area contributed by atoms with E-state index in [1.54, 1.807) is 73.7 Å². The number of rotatable bonds is 8. The highest BCUT2D eigenvalue weighted by Gasteiger charge is 2.43. The Bertz CT molecular complexity index is 1210. The molecule has 8 heteroatoms. The van der Waals surface area contributed by atoms with Crippen molar-refractivity contribution in [2.75, 3.05) is 31.0 Å². The van der Waals surface area contributed by atoms with Gasteiger partial charge in [-0.1, -0.05) is 36.4 Å². The van der Waals surface area contributed by atoms with Crippen molar-refractivity contribution in [3.8, 4) is 11.5 Å². The maximum atomic E-state index is 13.3. The van der Waals surface area contributed by atoms with Gasteiger partial charge in [0, 0.05) is 23.4 Å². The number of amides is 2. The van der Waals surface area contributed by atoms with Gasteiger partial charge in [0.1, 0.15) is 11.5 Å². The van der Waals surface area contributed by atoms with Crippen molar-refractivity contribution >= 4 is 29.2 Å². The second kappa shape index (κ2) is 11.4. The van der Waals surface area contributed by atoms with Crippen LogP contribution in [-0.4, -0.2) is 38.6 Å². The second-order valence-corrected chi connectivity index (χ2v) is 8.32. The first-order chi connectivity index (χ1) is 17.5. The number of ether oxygens (including phenoxy) is 3. The predicted octanol–water partition coefficient (Wildman–Crippen LogP) is 4.37. The molecule has 0 aromatic heterocycles. The minimum atomic E-state index is -0.703. The number of carbonyl (C=O) groups is 3. The monoisotopic (exact) mass is 488 g/mol. The molecular formula is C28H28N2O6. The number of anilines is 2. The Labute approximate surface area is 209 Å². The number of nitrogens with one attached hydrogen (secondary N) is 1. The van der Waals surface area contributed by atoms with Crippen LogP contribution in [0, 0.1) is 5.92 Å². The number of piperidine rings is 1. The van der Waals surface area contributed by atoms with Gasteiger partial charge in [-0.2, -0.15) is 0 Å². The van der Waals surface area contributed by atoms with E-state index in [0.717, 1.165) is 0 Å². The Balaban J connectivity index is 1.61. The summed E-state index contributed by atoms with van der Waals surface area (Å²) in [5, 5.41) is 2.70. The summed E-state index contributed by atoms with van der Waals surface area (Å²) < 4.78 is 16.3. The fraction of sp³-hybridized carbons (Fsp3) is 0.250. The average Bonchev–Trinajstić information content (AvgIpc) is 2.92. The van der Waals surface area contributed by atoms with E-state index in [0.29, 0.717) is 28.4 Å². The Morgan fingerprint density at radius 3 is 2.31 bits per heavy atom. The van der Waals surface area contributed by atoms with Crippen molar-refractivity contribution < 1.29 is 28.6 Å². The third-order valence-corrected chi connectivity index (χ3v) is 6.11. The highest BCUT2D eigenvalue weighted by molar-refractivity contribution is 5.97. The van der Waals surface area contributed by atoms with E-state index in [-0.39, 0.29) is 18.7 Å². The fourth-order valence-electron chi connectivity index (χ4n) is 4.42. The molecule has 36 heavy (non-hydrogen) atoms. The molecule has 3 aromatic rings. The van der Waals surface area contributed by atoms with Crippen LogP contribution < -0.4 is 19.7 Å². The van der Waals surface area contributed by atoms with E-state index in [1.807, 2.05) is 24.3 Å². The normalized spacial score (nSPS) is 17.3. The maximum Gasteiger partial charge on any atom is 0.311 e. The molecule has 1 aliphatic heterocycles. The van der Waals surface area contributed by atoms with Crippen LogP contribution in [0.4, 0.5) is 11.4 Å². The fourth-order valence-corrected chi connectivity index (χ4v) is 4.42. The Morgan fingerprint density at radius 1 is 0.917 bits per heavy atom. The van der Waals surface area contributed by atoms with E-state index in [1.165, 1.54) is 0 Å². The van der Waals surface area contributed by atoms with E-state index in [9.17, 15) is 14.4 Å². The van der Waals surface area contributed by atoms with Gasteiger partial charge < -0.3 is 24.4 Å². The van der Waals surface area contributed by atoms with Crippen LogP contribution in [0.2, 0.25) is 0 Å². The topological polar surface area (TPSA) is 94.2 Å². The van der Waals surface area contributed by atoms with Crippen molar-refractivity contribution in [3.05, 3.63) is 84.4 Å². The Hall–Kier alpha value is -4.33. The molecule has 0 aliphatic carbocycles. The number of benzene rings is 3. The molecule has 1 aliphatic rings. The van der Waals surface area contributed by atoms with Gasteiger partial charge in [-0.15, -0.1) is 0 Å². The van der Waals surface area contributed by atoms with Crippen molar-refractivity contribution in [3.63, 3.8) is 0 Å². The minimum Gasteiger partial charge on any atom is -0.497 e. The number of nitrogens with zero attached hydrogens (tertiary/aromatic N) is 1. The van der Waals surface area contributed by atoms with Gasteiger partial charge in [0.05, 0.1) is 26.2 Å². The highest BCUT2D eigenvalue weighted by atomic mass is 16.5. The molecule has 1 heterocycles. The summed E-state index contributed by atoms with van der Waals surface area (Å²) in [7, 11) is 3.11. The first-order valence-corrected chi connectivity index (χ1v) is 11.6. The van der Waals surface area contributed by atoms with Crippen LogP contribution in [-0.2, 0) is 19.1 Å². The van der Waals surface area contributed by atoms with Crippen molar-refractivity contribution in [2.24, 2.45) is 5.92 Å². The lowest BCUT2D eigenvalue weighted by Crippen LogP contribution is -2.46. The van der Waals surface area contributed by atoms with Crippen molar-refractivity contribution in [1.82, 2.24) is 0 Å². The van der Waals surface area contributed by atoms with Crippen LogP contribution in [0.3, 0.4) is 0 Å². The number of hydrogen-bond donors (Lipinski definition) is 1. The zero-order valence-corrected chi connectivity index (χ0v) is 20.2. The first-order valence-electron chi connectivity index (χ1n) is 11.6. The summed E-state index contributed by atoms with van der Waals surface area (Å²) >= 11 is 0. The molecule has 1 saturated heterocycles. The summed E-state index contributed by atoms with van der Waals surface area (Å²) in [5.41, 5.74) is 1.91. The van der Waals surface area contributed by atoms with Gasteiger partial charge in [-0.3, -0.25) is 14.4 Å². The average molecular weight is 489 g/mol. The maximum absolute atomic E-state index is 13.3. The predicted molar refractivity (Wildman–Crippen MR) is 135 cm³/mol. The molecule has 4 rings (SSSR count). The van der Waals surface area contributed by atoms with Crippen LogP contribution in [0.15, 0.2) is 78.9 Å². The lowest BCUT2D eigenvalue weighted by atomic mass is 9.83. The largest absolute Gasteiger partial charge is 0.497 e. The summed E-state index contributed by atoms with van der Waals surface area (Å²) in [6.45, 7) is -0.431. The molecule has 1 N–H and O–H groups in total. The summed E-state index contributed by atoms with van der Waals surface area (Å²) in [6.07, 6.45) is 0.445. The second-order valence-electron chi connectivity index (χ2n) is 8.32. The van der Waals surface area contributed by atoms with Gasteiger partial charge in [-0.05, 0) is 48.9 Å². The molecule has 0 spiro atoms. The van der Waals surface area contributed by atoms with Gasteiger partial charge in [0.2, 0.25) is 5.91 Å². The summed E-state index contributed by atoms with van der Waals surface area (Å²) in [5.74, 6) is -0.622. The lowest BCUT2D eigenvalue weighted by Gasteiger charge is -2.40. The summed E-state index contributed by atoms with van der Waals surface area (Å²) in [6, 6.07) is 22.6. The van der Waals surface area contributed by atoms with E-state index >= 15 is 0 Å². The molecule has 2 unspecified atom stereocenters. The molecule has 2 amide bonds. The lowest BCUT2D eigenvalue weighted by molar-refractivity contribution is -0.153. The first kappa shape index (κ1) is 24.8. The number of para-hydroxylation sites is 2. The number of methoxy groups -OCH3 is 2. The van der Waals surface area contributed by atoms with Crippen molar-refractivity contribution in [2.45, 2.75) is 18.9 Å². The van der Waals surface area contributed by atoms with E-state index in [2.05, 4.69) is 5.32 Å². The molecule has 0 saturated carbocycles. The Morgan fingerprint density at radius 2 is 1.61 bits per heavy atom. The molecular weight excluding hydrogens is 460 g/mol. The van der Waals surface area contributed by atoms with Crippen LogP contribution in [0.1, 0.15) is 24.4 Å². The van der Waals surface area contributed by atoms with Crippen LogP contribution in [0.25, 0.3) is 0 Å². The highest BCUT2D eigenvalue weighted by Crippen LogP contribution is 2.43. The third kappa shape index (κ3) is 5.49. The summed E-state index contributed by atoms with van der Waals surface area (Å²) in [4.78, 5) is 40.5. The van der Waals surface area contributed by atoms with Crippen molar-refractivity contribution in [1.29, 1.82) is 0 Å². The van der Waals surface area contributed by atoms with Gasteiger partial charge >= 0.3 is 5.97 Å². The number of esters is 1. The zero-order valence-electron chi connectivity index (χ0n) is 20.2. The van der Waals surface area contributed by atoms with Gasteiger partial charge in [-0.25, -0.2) is 0 Å². The van der Waals surface area contributed by atoms with Crippen LogP contribution in [0.5, 0.6) is 11.5 Å². The molecule has 186 valence electrons. The molecule has 0 bridgehead atoms. The number of carbonyl (C=O) groups excluding carboxylic acids is 3. The minimum absolute atomic E-state index is 0.123. The Kier molecular flexibility index (Phi) is 7.85. The smallest absolute Gasteiger partial charge is 0.311 e. The van der Waals surface area contributed by atoms with E-state index < -0.39 is 30.4 Å². The quantitative estimate of drug-likeness (QED) is 0.473. The zero-order chi connectivity index (χ0) is 25.5. The van der Waals surface area contributed by atoms with Crippen LogP contribution >= 0.6 is 0 Å². The van der Waals surface area contributed by atoms with Gasteiger partial charge in [0.25, 0.3) is 5.91 Å². The standard InChI is InChI=1S/C28H28N2O6/c1-34-21-14-12-20(13-15-21)30-26(32)17-16-23(27(30)22-10-6-7-11-24(22)35-2)28(33)36-18-25(31)29-19-8-4-3-5-9-19/h3-15,23,27H,16-18H2,1-2H3,(H,29,31). The molecule has 0 radical (unpaired) electrons. The molecule has 1 fully saturated rings.